The van der Waals surface area contributed by atoms with Gasteiger partial charge in [-0.1, -0.05) is 13.5 Å². The molecule has 1 aromatic carbocycles. The number of ether oxygens (including phenoxy) is 1. The highest BCUT2D eigenvalue weighted by Gasteiger charge is 2.16. The minimum absolute atomic E-state index is 0.0726. The fourth-order valence-electron chi connectivity index (χ4n) is 2.16. The molecule has 0 spiro atoms. The van der Waals surface area contributed by atoms with Gasteiger partial charge < -0.3 is 10.5 Å². The summed E-state index contributed by atoms with van der Waals surface area (Å²) in [7, 11) is 0. The first-order chi connectivity index (χ1) is 12.0. The molecule has 25 heavy (non-hydrogen) atoms. The summed E-state index contributed by atoms with van der Waals surface area (Å²) in [6, 6.07) is 2.32. The van der Waals surface area contributed by atoms with Crippen LogP contribution in [-0.2, 0) is 13.0 Å². The molecule has 0 saturated carbocycles. The standard InChI is InChI=1S/C17H15F2N3OS2/c1-3-14-21-6-13(25-14)11-8-24-15(22-11)7-23-12-5-4-10(18)16(9(2)20)17(12)19/h4-6,8H,2-3,7,20H2,1H3. The summed E-state index contributed by atoms with van der Waals surface area (Å²) < 4.78 is 33.3. The van der Waals surface area contributed by atoms with Gasteiger partial charge in [0, 0.05) is 17.3 Å². The summed E-state index contributed by atoms with van der Waals surface area (Å²) in [6.07, 6.45) is 2.67. The Hall–Kier alpha value is -2.32. The Bertz CT molecular complexity index is 921. The number of nitrogens with zero attached hydrogens (tertiary/aromatic N) is 2. The third kappa shape index (κ3) is 3.69. The number of hydrogen-bond acceptors (Lipinski definition) is 6. The molecular formula is C17H15F2N3OS2. The maximum atomic E-state index is 14.3. The molecule has 130 valence electrons. The summed E-state index contributed by atoms with van der Waals surface area (Å²) in [5.74, 6) is -1.73. The van der Waals surface area contributed by atoms with E-state index in [-0.39, 0.29) is 23.6 Å². The van der Waals surface area contributed by atoms with Gasteiger partial charge in [0.25, 0.3) is 0 Å². The van der Waals surface area contributed by atoms with Crippen LogP contribution in [0.3, 0.4) is 0 Å². The minimum Gasteiger partial charge on any atom is -0.483 e. The highest BCUT2D eigenvalue weighted by atomic mass is 32.1. The molecule has 2 aromatic heterocycles. The van der Waals surface area contributed by atoms with Gasteiger partial charge in [0.1, 0.15) is 17.4 Å². The first-order valence-electron chi connectivity index (χ1n) is 7.44. The Balaban J connectivity index is 1.74. The van der Waals surface area contributed by atoms with Crippen LogP contribution in [0, 0.1) is 11.6 Å². The van der Waals surface area contributed by atoms with Crippen LogP contribution in [0.25, 0.3) is 16.3 Å². The first-order valence-corrected chi connectivity index (χ1v) is 9.14. The number of halogens is 2. The van der Waals surface area contributed by atoms with Gasteiger partial charge in [0.15, 0.2) is 11.6 Å². The van der Waals surface area contributed by atoms with Crippen LogP contribution in [0.5, 0.6) is 5.75 Å². The molecule has 0 aliphatic rings. The van der Waals surface area contributed by atoms with Crippen LogP contribution in [-0.4, -0.2) is 9.97 Å². The number of nitrogens with two attached hydrogens (primary N) is 1. The smallest absolute Gasteiger partial charge is 0.177 e. The van der Waals surface area contributed by atoms with Crippen molar-refractivity contribution in [2.45, 2.75) is 20.0 Å². The van der Waals surface area contributed by atoms with Gasteiger partial charge in [0.05, 0.1) is 21.1 Å². The highest BCUT2D eigenvalue weighted by Crippen LogP contribution is 2.29. The van der Waals surface area contributed by atoms with Gasteiger partial charge in [0.2, 0.25) is 0 Å². The summed E-state index contributed by atoms with van der Waals surface area (Å²) in [5, 5.41) is 3.63. The number of aromatic nitrogens is 2. The lowest BCUT2D eigenvalue weighted by Crippen LogP contribution is -2.05. The summed E-state index contributed by atoms with van der Waals surface area (Å²) in [4.78, 5) is 9.76. The number of hydrogen-bond donors (Lipinski definition) is 1. The van der Waals surface area contributed by atoms with Crippen LogP contribution in [0.15, 0.2) is 30.3 Å². The predicted octanol–water partition coefficient (Wildman–Crippen LogP) is 4.62. The third-order valence-corrected chi connectivity index (χ3v) is 5.37. The summed E-state index contributed by atoms with van der Waals surface area (Å²) in [6.45, 7) is 5.50. The SMILES string of the molecule is C=C(N)c1c(F)ccc(OCc2nc(-c3cnc(CC)s3)cs2)c1F. The molecular weight excluding hydrogens is 364 g/mol. The van der Waals surface area contributed by atoms with E-state index in [2.05, 4.69) is 16.5 Å². The molecule has 0 fully saturated rings. The lowest BCUT2D eigenvalue weighted by Gasteiger charge is -2.10. The van der Waals surface area contributed by atoms with E-state index in [1.165, 1.54) is 17.4 Å². The number of rotatable bonds is 6. The van der Waals surface area contributed by atoms with Gasteiger partial charge in [-0.25, -0.2) is 18.7 Å². The van der Waals surface area contributed by atoms with Gasteiger partial charge in [-0.05, 0) is 18.6 Å². The molecule has 3 rings (SSSR count). The maximum Gasteiger partial charge on any atom is 0.177 e. The van der Waals surface area contributed by atoms with Gasteiger partial charge in [-0.3, -0.25) is 0 Å². The Labute approximate surface area is 151 Å². The average Bonchev–Trinajstić information content (AvgIpc) is 3.22. The Morgan fingerprint density at radius 1 is 1.32 bits per heavy atom. The Kier molecular flexibility index (Phi) is 5.10. The summed E-state index contributed by atoms with van der Waals surface area (Å²) >= 11 is 2.99. The van der Waals surface area contributed by atoms with E-state index in [0.717, 1.165) is 28.1 Å². The second-order valence-electron chi connectivity index (χ2n) is 5.15. The zero-order chi connectivity index (χ0) is 18.0. The molecule has 0 bridgehead atoms. The predicted molar refractivity (Wildman–Crippen MR) is 96.5 cm³/mol. The molecule has 3 aromatic rings. The van der Waals surface area contributed by atoms with E-state index in [1.807, 2.05) is 12.3 Å². The van der Waals surface area contributed by atoms with Crippen molar-refractivity contribution in [1.29, 1.82) is 0 Å². The highest BCUT2D eigenvalue weighted by molar-refractivity contribution is 7.15. The van der Waals surface area contributed by atoms with Crippen LogP contribution in [0.1, 0.15) is 22.5 Å². The van der Waals surface area contributed by atoms with Gasteiger partial charge >= 0.3 is 0 Å². The van der Waals surface area contributed by atoms with E-state index in [0.29, 0.717) is 5.01 Å². The van der Waals surface area contributed by atoms with Crippen molar-refractivity contribution in [2.24, 2.45) is 5.73 Å². The molecule has 2 N–H and O–H groups in total. The number of benzene rings is 1. The zero-order valence-electron chi connectivity index (χ0n) is 13.4. The fraction of sp³-hybridized carbons (Fsp3) is 0.176. The molecule has 0 aliphatic heterocycles. The zero-order valence-corrected chi connectivity index (χ0v) is 15.0. The van der Waals surface area contributed by atoms with Crippen LogP contribution < -0.4 is 10.5 Å². The van der Waals surface area contributed by atoms with E-state index in [4.69, 9.17) is 10.5 Å². The van der Waals surface area contributed by atoms with Crippen molar-refractivity contribution in [3.63, 3.8) is 0 Å². The fourth-order valence-corrected chi connectivity index (χ4v) is 3.76. The van der Waals surface area contributed by atoms with Crippen LogP contribution in [0.2, 0.25) is 0 Å². The number of aryl methyl sites for hydroxylation is 1. The van der Waals surface area contributed by atoms with Crippen molar-refractivity contribution < 1.29 is 13.5 Å². The lowest BCUT2D eigenvalue weighted by molar-refractivity contribution is 0.288. The average molecular weight is 379 g/mol. The van der Waals surface area contributed by atoms with E-state index in [9.17, 15) is 8.78 Å². The summed E-state index contributed by atoms with van der Waals surface area (Å²) in [5.41, 5.74) is 5.69. The topological polar surface area (TPSA) is 61.0 Å². The number of thiazole rings is 2. The normalized spacial score (nSPS) is 10.8. The van der Waals surface area contributed by atoms with Crippen molar-refractivity contribution in [2.75, 3.05) is 0 Å². The second-order valence-corrected chi connectivity index (χ2v) is 7.20. The molecule has 0 saturated heterocycles. The largest absolute Gasteiger partial charge is 0.483 e. The van der Waals surface area contributed by atoms with Crippen molar-refractivity contribution >= 4 is 28.4 Å². The quantitative estimate of drug-likeness (QED) is 0.679. The van der Waals surface area contributed by atoms with E-state index < -0.39 is 11.6 Å². The minimum atomic E-state index is -0.862. The lowest BCUT2D eigenvalue weighted by atomic mass is 10.1. The molecule has 0 aliphatic carbocycles. The molecule has 0 atom stereocenters. The van der Waals surface area contributed by atoms with Crippen molar-refractivity contribution in [1.82, 2.24) is 9.97 Å². The first kappa shape index (κ1) is 17.5. The van der Waals surface area contributed by atoms with Crippen molar-refractivity contribution in [3.8, 4) is 16.3 Å². The molecule has 0 unspecified atom stereocenters. The molecule has 8 heteroatoms. The van der Waals surface area contributed by atoms with Gasteiger partial charge in [-0.2, -0.15) is 0 Å². The van der Waals surface area contributed by atoms with Crippen LogP contribution >= 0.6 is 22.7 Å². The third-order valence-electron chi connectivity index (χ3n) is 3.39. The van der Waals surface area contributed by atoms with E-state index in [1.54, 1.807) is 17.5 Å². The monoisotopic (exact) mass is 379 g/mol. The molecule has 4 nitrogen and oxygen atoms in total. The van der Waals surface area contributed by atoms with E-state index >= 15 is 0 Å². The maximum absolute atomic E-state index is 14.3. The van der Waals surface area contributed by atoms with Gasteiger partial charge in [-0.15, -0.1) is 22.7 Å². The van der Waals surface area contributed by atoms with Crippen LogP contribution in [0.4, 0.5) is 8.78 Å². The Morgan fingerprint density at radius 3 is 2.80 bits per heavy atom. The second kappa shape index (κ2) is 7.28. The molecule has 0 amide bonds. The van der Waals surface area contributed by atoms with Crippen molar-refractivity contribution in [3.05, 3.63) is 57.5 Å². The molecule has 0 radical (unpaired) electrons. The molecule has 2 heterocycles. The Morgan fingerprint density at radius 2 is 2.12 bits per heavy atom.